The molecule has 0 fully saturated rings. The van der Waals surface area contributed by atoms with Crippen molar-refractivity contribution in [2.24, 2.45) is 11.5 Å². The van der Waals surface area contributed by atoms with Crippen molar-refractivity contribution in [2.75, 3.05) is 28.4 Å². The summed E-state index contributed by atoms with van der Waals surface area (Å²) in [6.45, 7) is 0.107. The molecule has 16 nitrogen and oxygen atoms in total. The van der Waals surface area contributed by atoms with Gasteiger partial charge in [-0.3, -0.25) is 9.59 Å². The molecule has 2 aromatic heterocycles. The first kappa shape index (κ1) is 34.8. The lowest BCUT2D eigenvalue weighted by atomic mass is 10.1. The molecular weight excluding hydrogens is 676 g/mol. The van der Waals surface area contributed by atoms with Crippen LogP contribution in [0.4, 0.5) is 0 Å². The van der Waals surface area contributed by atoms with Crippen molar-refractivity contribution in [3.63, 3.8) is 0 Å². The number of methoxy groups -OCH3 is 4. The maximum atomic E-state index is 12.5. The summed E-state index contributed by atoms with van der Waals surface area (Å²) >= 11 is 0. The van der Waals surface area contributed by atoms with Gasteiger partial charge in [0.25, 0.3) is 11.8 Å². The molecule has 266 valence electrons. The molecule has 4 aromatic carbocycles. The van der Waals surface area contributed by atoms with E-state index < -0.39 is 23.8 Å². The van der Waals surface area contributed by atoms with Crippen molar-refractivity contribution in [1.82, 2.24) is 19.1 Å². The molecular formula is C36H32N6O10. The molecule has 6 aromatic rings. The van der Waals surface area contributed by atoms with Crippen LogP contribution in [-0.2, 0) is 13.1 Å². The van der Waals surface area contributed by atoms with Crippen molar-refractivity contribution >= 4 is 45.8 Å². The van der Waals surface area contributed by atoms with Gasteiger partial charge >= 0.3 is 11.9 Å². The van der Waals surface area contributed by atoms with E-state index in [0.29, 0.717) is 11.0 Å². The SMILES string of the molecule is COc1cccc(C(=O)O)c1-c1nc2c(OC)c(C(N)=O)ccc2n1CCn1c(-c2c(OC)cccc2C(=O)O)nc2c(OC)c(C(N)=O)ccc21. The highest BCUT2D eigenvalue weighted by Crippen LogP contribution is 2.41. The average molecular weight is 709 g/mol. The van der Waals surface area contributed by atoms with Crippen LogP contribution < -0.4 is 30.4 Å². The molecule has 0 bridgehead atoms. The Balaban J connectivity index is 1.67. The zero-order chi connectivity index (χ0) is 37.4. The normalized spacial score (nSPS) is 11.1. The van der Waals surface area contributed by atoms with Gasteiger partial charge in [-0.1, -0.05) is 12.1 Å². The number of nitrogens with zero attached hydrogens (tertiary/aromatic N) is 4. The number of rotatable bonds is 13. The van der Waals surface area contributed by atoms with E-state index in [9.17, 15) is 29.4 Å². The fraction of sp³-hybridized carbons (Fsp3) is 0.167. The quantitative estimate of drug-likeness (QED) is 0.133. The third-order valence-corrected chi connectivity index (χ3v) is 8.64. The zero-order valence-electron chi connectivity index (χ0n) is 28.3. The number of imidazole rings is 2. The van der Waals surface area contributed by atoms with Gasteiger partial charge in [-0.05, 0) is 48.5 Å². The van der Waals surface area contributed by atoms with Gasteiger partial charge in [0, 0.05) is 13.1 Å². The van der Waals surface area contributed by atoms with E-state index in [1.165, 1.54) is 64.8 Å². The molecule has 0 saturated carbocycles. The van der Waals surface area contributed by atoms with Gasteiger partial charge < -0.3 is 49.8 Å². The number of carboxylic acid groups (broad SMARTS) is 2. The summed E-state index contributed by atoms with van der Waals surface area (Å²) in [5, 5.41) is 20.5. The summed E-state index contributed by atoms with van der Waals surface area (Å²) in [4.78, 5) is 59.4. The molecule has 0 aliphatic rings. The Morgan fingerprint density at radius 2 is 0.962 bits per heavy atom. The standard InChI is InChI=1S/C36H32N6O10/c1-49-23-9-5-7-17(35(45)46)25(23)33-39-27-21(13-11-19(31(37)43)29(27)51-3)41(33)15-16-42-22-14-12-20(32(38)44)30(52-4)28(22)40-34(42)26-18(36(47)48)8-6-10-24(26)50-2/h5-14H,15-16H2,1-4H3,(H2,37,43)(H2,38,44)(H,45,46)(H,47,48). The summed E-state index contributed by atoms with van der Waals surface area (Å²) in [6.07, 6.45) is 0. The van der Waals surface area contributed by atoms with Crippen molar-refractivity contribution in [2.45, 2.75) is 13.1 Å². The molecule has 52 heavy (non-hydrogen) atoms. The first-order valence-electron chi connectivity index (χ1n) is 15.5. The lowest BCUT2D eigenvalue weighted by Gasteiger charge is -2.17. The molecule has 0 saturated heterocycles. The minimum Gasteiger partial charge on any atom is -0.496 e. The molecule has 2 heterocycles. The fourth-order valence-electron chi connectivity index (χ4n) is 6.39. The fourth-order valence-corrected chi connectivity index (χ4v) is 6.39. The number of aromatic nitrogens is 4. The van der Waals surface area contributed by atoms with E-state index in [1.807, 2.05) is 0 Å². The number of hydrogen-bond donors (Lipinski definition) is 4. The summed E-state index contributed by atoms with van der Waals surface area (Å²) in [7, 11) is 5.51. The molecule has 2 amide bonds. The maximum Gasteiger partial charge on any atom is 0.336 e. The summed E-state index contributed by atoms with van der Waals surface area (Å²) < 4.78 is 25.8. The van der Waals surface area contributed by atoms with Crippen molar-refractivity contribution in [3.8, 4) is 45.8 Å². The van der Waals surface area contributed by atoms with Crippen LogP contribution >= 0.6 is 0 Å². The van der Waals surface area contributed by atoms with E-state index >= 15 is 0 Å². The second-order valence-electron chi connectivity index (χ2n) is 11.3. The smallest absolute Gasteiger partial charge is 0.336 e. The highest BCUT2D eigenvalue weighted by Gasteiger charge is 2.29. The van der Waals surface area contributed by atoms with Gasteiger partial charge in [-0.15, -0.1) is 0 Å². The van der Waals surface area contributed by atoms with E-state index in [4.69, 9.17) is 40.4 Å². The number of hydrogen-bond acceptors (Lipinski definition) is 10. The summed E-state index contributed by atoms with van der Waals surface area (Å²) in [5.41, 5.74) is 12.8. The number of benzene rings is 4. The topological polar surface area (TPSA) is 233 Å². The lowest BCUT2D eigenvalue weighted by Crippen LogP contribution is -2.14. The molecule has 0 aliphatic carbocycles. The highest BCUT2D eigenvalue weighted by molar-refractivity contribution is 6.05. The Morgan fingerprint density at radius 1 is 0.577 bits per heavy atom. The minimum absolute atomic E-state index is 0.0535. The van der Waals surface area contributed by atoms with E-state index in [1.54, 1.807) is 33.4 Å². The van der Waals surface area contributed by atoms with Crippen LogP contribution in [0, 0.1) is 0 Å². The van der Waals surface area contributed by atoms with Crippen LogP contribution in [0.5, 0.6) is 23.0 Å². The number of aromatic carboxylic acids is 2. The van der Waals surface area contributed by atoms with Gasteiger partial charge in [0.15, 0.2) is 11.5 Å². The zero-order valence-corrected chi connectivity index (χ0v) is 28.3. The van der Waals surface area contributed by atoms with Gasteiger partial charge in [0.2, 0.25) is 0 Å². The Hall–Kier alpha value is -7.10. The predicted molar refractivity (Wildman–Crippen MR) is 188 cm³/mol. The molecule has 0 radical (unpaired) electrons. The first-order valence-corrected chi connectivity index (χ1v) is 15.5. The Bertz CT molecular complexity index is 2280. The van der Waals surface area contributed by atoms with Crippen LogP contribution in [0.2, 0.25) is 0 Å². The van der Waals surface area contributed by atoms with Crippen LogP contribution in [0.3, 0.4) is 0 Å². The Kier molecular flexibility index (Phi) is 9.13. The first-order chi connectivity index (χ1) is 25.0. The number of carboxylic acids is 2. The third kappa shape index (κ3) is 5.61. The van der Waals surface area contributed by atoms with Crippen LogP contribution in [-0.4, -0.2) is 81.5 Å². The Labute approximate surface area is 294 Å². The number of primary amides is 2. The van der Waals surface area contributed by atoms with Gasteiger partial charge in [0.05, 0.1) is 72.9 Å². The third-order valence-electron chi connectivity index (χ3n) is 8.64. The number of aryl methyl sites for hydroxylation is 2. The largest absolute Gasteiger partial charge is 0.496 e. The van der Waals surface area contributed by atoms with Crippen molar-refractivity contribution in [3.05, 3.63) is 82.9 Å². The van der Waals surface area contributed by atoms with Gasteiger partial charge in [0.1, 0.15) is 34.2 Å². The monoisotopic (exact) mass is 708 g/mol. The highest BCUT2D eigenvalue weighted by atomic mass is 16.5. The van der Waals surface area contributed by atoms with E-state index in [2.05, 4.69) is 0 Å². The number of nitrogens with two attached hydrogens (primary N) is 2. The Morgan fingerprint density at radius 3 is 1.27 bits per heavy atom. The molecule has 6 N–H and O–H groups in total. The number of fused-ring (bicyclic) bond motifs is 2. The molecule has 0 aliphatic heterocycles. The second kappa shape index (κ2) is 13.7. The van der Waals surface area contributed by atoms with E-state index in [0.717, 1.165) is 0 Å². The lowest BCUT2D eigenvalue weighted by molar-refractivity contribution is 0.0686. The number of carbonyl (C=O) groups excluding carboxylic acids is 2. The molecule has 0 unspecified atom stereocenters. The minimum atomic E-state index is -1.24. The van der Waals surface area contributed by atoms with Crippen LogP contribution in [0.1, 0.15) is 41.4 Å². The summed E-state index contributed by atoms with van der Waals surface area (Å²) in [5.74, 6) is -3.10. The number of carbonyl (C=O) groups is 4. The molecule has 0 atom stereocenters. The number of amides is 2. The van der Waals surface area contributed by atoms with E-state index in [-0.39, 0.29) is 92.2 Å². The second-order valence-corrected chi connectivity index (χ2v) is 11.3. The van der Waals surface area contributed by atoms with Gasteiger partial charge in [-0.2, -0.15) is 0 Å². The maximum absolute atomic E-state index is 12.5. The average Bonchev–Trinajstić information content (AvgIpc) is 3.69. The van der Waals surface area contributed by atoms with Crippen molar-refractivity contribution < 1.29 is 48.3 Å². The summed E-state index contributed by atoms with van der Waals surface area (Å²) in [6, 6.07) is 15.3. The van der Waals surface area contributed by atoms with Crippen LogP contribution in [0.15, 0.2) is 60.7 Å². The molecule has 0 spiro atoms. The molecule has 6 rings (SSSR count). The van der Waals surface area contributed by atoms with Gasteiger partial charge in [-0.25, -0.2) is 19.6 Å². The van der Waals surface area contributed by atoms with Crippen LogP contribution in [0.25, 0.3) is 44.8 Å². The van der Waals surface area contributed by atoms with Crippen molar-refractivity contribution in [1.29, 1.82) is 0 Å². The molecule has 16 heteroatoms. The predicted octanol–water partition coefficient (Wildman–Crippen LogP) is 4.05. The number of ether oxygens (including phenoxy) is 4.